The van der Waals surface area contributed by atoms with Gasteiger partial charge in [0.05, 0.1) is 17.4 Å². The zero-order valence-corrected chi connectivity index (χ0v) is 16.0. The van der Waals surface area contributed by atoms with E-state index in [4.69, 9.17) is 4.74 Å². The van der Waals surface area contributed by atoms with Gasteiger partial charge in [-0.25, -0.2) is 0 Å². The second-order valence-electron chi connectivity index (χ2n) is 7.22. The zero-order chi connectivity index (χ0) is 19.4. The van der Waals surface area contributed by atoms with Crippen LogP contribution in [-0.2, 0) is 14.3 Å². The minimum absolute atomic E-state index is 0.0941. The van der Waals surface area contributed by atoms with E-state index in [0.717, 1.165) is 32.3 Å². The predicted octanol–water partition coefficient (Wildman–Crippen LogP) is 1.52. The number of likely N-dealkylation sites (N-methyl/N-ethyl adjacent to an activating group) is 2. The summed E-state index contributed by atoms with van der Waals surface area (Å²) >= 11 is 0. The van der Waals surface area contributed by atoms with Gasteiger partial charge < -0.3 is 19.4 Å². The summed E-state index contributed by atoms with van der Waals surface area (Å²) in [6, 6.07) is 6.99. The summed E-state index contributed by atoms with van der Waals surface area (Å²) in [5.41, 5.74) is 1.02. The average Bonchev–Trinajstić information content (AvgIpc) is 3.16. The molecule has 0 aromatic heterocycles. The van der Waals surface area contributed by atoms with E-state index in [0.29, 0.717) is 23.9 Å². The lowest BCUT2D eigenvalue weighted by atomic mass is 10.1. The Morgan fingerprint density at radius 1 is 1.30 bits per heavy atom. The molecule has 2 heterocycles. The van der Waals surface area contributed by atoms with Crippen molar-refractivity contribution < 1.29 is 19.1 Å². The topological polar surface area (TPSA) is 70.2 Å². The van der Waals surface area contributed by atoms with Gasteiger partial charge in [-0.3, -0.25) is 14.4 Å². The number of ether oxygens (including phenoxy) is 1. The summed E-state index contributed by atoms with van der Waals surface area (Å²) in [5, 5.41) is 0. The summed E-state index contributed by atoms with van der Waals surface area (Å²) < 4.78 is 5.60. The van der Waals surface area contributed by atoms with Gasteiger partial charge in [0.1, 0.15) is 13.1 Å². The Balaban J connectivity index is 1.59. The third kappa shape index (κ3) is 4.47. The van der Waals surface area contributed by atoms with Crippen molar-refractivity contribution in [1.29, 1.82) is 0 Å². The van der Waals surface area contributed by atoms with Crippen molar-refractivity contribution in [2.24, 2.45) is 0 Å². The van der Waals surface area contributed by atoms with Crippen molar-refractivity contribution in [3.63, 3.8) is 0 Å². The first-order chi connectivity index (χ1) is 13.0. The van der Waals surface area contributed by atoms with Crippen LogP contribution >= 0.6 is 0 Å². The van der Waals surface area contributed by atoms with Crippen LogP contribution in [0.5, 0.6) is 0 Å². The molecule has 1 aromatic carbocycles. The van der Waals surface area contributed by atoms with E-state index in [9.17, 15) is 14.4 Å². The summed E-state index contributed by atoms with van der Waals surface area (Å²) in [5.74, 6) is -0.655. The van der Waals surface area contributed by atoms with Gasteiger partial charge in [-0.05, 0) is 37.8 Å². The summed E-state index contributed by atoms with van der Waals surface area (Å²) in [7, 11) is 3.39. The van der Waals surface area contributed by atoms with Gasteiger partial charge in [-0.1, -0.05) is 12.1 Å². The lowest BCUT2D eigenvalue weighted by Crippen LogP contribution is -2.44. The number of benzene rings is 1. The van der Waals surface area contributed by atoms with Crippen LogP contribution in [0.1, 0.15) is 36.0 Å². The molecule has 7 heteroatoms. The van der Waals surface area contributed by atoms with Crippen molar-refractivity contribution in [1.82, 2.24) is 9.80 Å². The lowest BCUT2D eigenvalue weighted by Gasteiger charge is -2.24. The number of carbonyl (C=O) groups is 3. The Morgan fingerprint density at radius 3 is 2.81 bits per heavy atom. The third-order valence-electron chi connectivity index (χ3n) is 5.28. The highest BCUT2D eigenvalue weighted by molar-refractivity contribution is 6.10. The number of hydrogen-bond acceptors (Lipinski definition) is 4. The number of hydrogen-bond donors (Lipinski definition) is 0. The normalized spacial score (nSPS) is 19.9. The molecule has 146 valence electrons. The van der Waals surface area contributed by atoms with E-state index in [-0.39, 0.29) is 30.8 Å². The number of amides is 3. The van der Waals surface area contributed by atoms with Crippen LogP contribution < -0.4 is 4.90 Å². The molecule has 3 rings (SSSR count). The predicted molar refractivity (Wildman–Crippen MR) is 102 cm³/mol. The molecular weight excluding hydrogens is 346 g/mol. The molecule has 1 fully saturated rings. The SMILES string of the molecule is CN(CCC[C@@H]1CCCO1)C(=O)CN1CC(=O)N(C)c2ccccc2C1=O. The summed E-state index contributed by atoms with van der Waals surface area (Å²) in [6.07, 6.45) is 4.32. The number of carbonyl (C=O) groups excluding carboxylic acids is 3. The van der Waals surface area contributed by atoms with E-state index < -0.39 is 0 Å². The second kappa shape index (κ2) is 8.52. The average molecular weight is 373 g/mol. The standard InChI is InChI=1S/C20H27N3O4/c1-21(11-5-7-15-8-6-12-27-15)18(24)13-23-14-19(25)22(2)17-10-4-3-9-16(17)20(23)26/h3-4,9-10,15H,5-8,11-14H2,1-2H3/t15-/m1/s1. The highest BCUT2D eigenvalue weighted by Crippen LogP contribution is 2.24. The number of rotatable bonds is 6. The molecule has 7 nitrogen and oxygen atoms in total. The van der Waals surface area contributed by atoms with Crippen LogP contribution in [0.2, 0.25) is 0 Å². The van der Waals surface area contributed by atoms with Crippen LogP contribution in [-0.4, -0.2) is 74.0 Å². The number of fused-ring (bicyclic) bond motifs is 1. The fourth-order valence-electron chi connectivity index (χ4n) is 3.56. The summed E-state index contributed by atoms with van der Waals surface area (Å²) in [6.45, 7) is 1.26. The van der Waals surface area contributed by atoms with Crippen molar-refractivity contribution in [3.8, 4) is 0 Å². The van der Waals surface area contributed by atoms with Crippen LogP contribution in [0.25, 0.3) is 0 Å². The maximum absolute atomic E-state index is 12.8. The second-order valence-corrected chi connectivity index (χ2v) is 7.22. The molecule has 0 saturated carbocycles. The van der Waals surface area contributed by atoms with Gasteiger partial charge in [-0.15, -0.1) is 0 Å². The van der Waals surface area contributed by atoms with Crippen LogP contribution in [0.15, 0.2) is 24.3 Å². The Hall–Kier alpha value is -2.41. The van der Waals surface area contributed by atoms with E-state index >= 15 is 0 Å². The first-order valence-corrected chi connectivity index (χ1v) is 9.48. The fraction of sp³-hybridized carbons (Fsp3) is 0.550. The molecule has 2 aliphatic heterocycles. The maximum Gasteiger partial charge on any atom is 0.256 e. The van der Waals surface area contributed by atoms with Gasteiger partial charge in [-0.2, -0.15) is 0 Å². The summed E-state index contributed by atoms with van der Waals surface area (Å²) in [4.78, 5) is 42.2. The molecule has 27 heavy (non-hydrogen) atoms. The van der Waals surface area contributed by atoms with E-state index in [1.165, 1.54) is 9.80 Å². The van der Waals surface area contributed by atoms with Gasteiger partial charge in [0.2, 0.25) is 11.8 Å². The fourth-order valence-corrected chi connectivity index (χ4v) is 3.56. The highest BCUT2D eigenvalue weighted by Gasteiger charge is 2.31. The number of nitrogens with zero attached hydrogens (tertiary/aromatic N) is 3. The van der Waals surface area contributed by atoms with E-state index in [1.807, 2.05) is 0 Å². The lowest BCUT2D eigenvalue weighted by molar-refractivity contribution is -0.131. The highest BCUT2D eigenvalue weighted by atomic mass is 16.5. The van der Waals surface area contributed by atoms with Crippen molar-refractivity contribution in [3.05, 3.63) is 29.8 Å². The minimum atomic E-state index is -0.288. The molecule has 1 atom stereocenters. The zero-order valence-electron chi connectivity index (χ0n) is 16.0. The van der Waals surface area contributed by atoms with Gasteiger partial charge in [0.15, 0.2) is 0 Å². The molecule has 0 spiro atoms. The number of para-hydroxylation sites is 1. The Labute approximate surface area is 159 Å². The number of anilines is 1. The van der Waals surface area contributed by atoms with Crippen molar-refractivity contribution in [2.45, 2.75) is 31.8 Å². The largest absolute Gasteiger partial charge is 0.378 e. The van der Waals surface area contributed by atoms with E-state index in [2.05, 4.69) is 0 Å². The third-order valence-corrected chi connectivity index (χ3v) is 5.28. The molecule has 0 unspecified atom stereocenters. The Morgan fingerprint density at radius 2 is 2.07 bits per heavy atom. The van der Waals surface area contributed by atoms with Gasteiger partial charge in [0.25, 0.3) is 5.91 Å². The Bertz CT molecular complexity index is 715. The molecule has 3 amide bonds. The van der Waals surface area contributed by atoms with Crippen molar-refractivity contribution in [2.75, 3.05) is 45.2 Å². The first-order valence-electron chi connectivity index (χ1n) is 9.48. The quantitative estimate of drug-likeness (QED) is 0.758. The molecule has 0 N–H and O–H groups in total. The van der Waals surface area contributed by atoms with Gasteiger partial charge >= 0.3 is 0 Å². The van der Waals surface area contributed by atoms with Crippen LogP contribution in [0.4, 0.5) is 5.69 Å². The molecule has 2 aliphatic rings. The smallest absolute Gasteiger partial charge is 0.256 e. The molecule has 1 aromatic rings. The molecule has 0 aliphatic carbocycles. The molecule has 0 bridgehead atoms. The minimum Gasteiger partial charge on any atom is -0.378 e. The monoisotopic (exact) mass is 373 g/mol. The molecule has 1 saturated heterocycles. The first kappa shape index (κ1) is 19.4. The van der Waals surface area contributed by atoms with Crippen LogP contribution in [0.3, 0.4) is 0 Å². The molecular formula is C20H27N3O4. The van der Waals surface area contributed by atoms with Crippen molar-refractivity contribution >= 4 is 23.4 Å². The van der Waals surface area contributed by atoms with Gasteiger partial charge in [0, 0.05) is 27.2 Å². The Kier molecular flexibility index (Phi) is 6.11. The van der Waals surface area contributed by atoms with E-state index in [1.54, 1.807) is 43.3 Å². The molecule has 0 radical (unpaired) electrons. The maximum atomic E-state index is 12.8. The van der Waals surface area contributed by atoms with Crippen LogP contribution in [0, 0.1) is 0 Å².